The fraction of sp³-hybridized carbons (Fsp3) is 0.576. The molecule has 2 saturated heterocycles. The number of imide groups is 1. The molecule has 210 valence electrons. The molecular weight excluding hydrogens is 486 g/mol. The normalized spacial score (nSPS) is 23.1. The molecule has 2 fully saturated rings. The molecule has 3 heterocycles. The van der Waals surface area contributed by atoms with E-state index in [-0.39, 0.29) is 11.9 Å². The number of hydrogen-bond acceptors (Lipinski definition) is 4. The van der Waals surface area contributed by atoms with E-state index in [9.17, 15) is 9.59 Å². The van der Waals surface area contributed by atoms with E-state index in [4.69, 9.17) is 4.74 Å². The summed E-state index contributed by atoms with van der Waals surface area (Å²) >= 11 is 0. The van der Waals surface area contributed by atoms with Crippen LogP contribution in [0.1, 0.15) is 95.1 Å². The maximum Gasteiger partial charge on any atom is 0.325 e. The van der Waals surface area contributed by atoms with Gasteiger partial charge in [0.2, 0.25) is 0 Å². The van der Waals surface area contributed by atoms with Gasteiger partial charge >= 0.3 is 6.03 Å². The molecule has 1 N–H and O–H groups in total. The number of nitrogens with zero attached hydrogens (tertiary/aromatic N) is 2. The maximum atomic E-state index is 14.1. The standard InChI is InChI=1S/C33H45N3O3/c1-3-5-19-32(20-6-4-2)25-33(28-15-10-11-16-29(28)39-32)30(37)36(31(38)34-33)22-12-21-35-23-17-27(18-24-35)26-13-8-7-9-14-26/h7-11,13-16,27H,3-6,12,17-25H2,1-2H3,(H,34,38). The molecule has 6 heteroatoms. The number of carbonyl (C=O) groups is 2. The average molecular weight is 532 g/mol. The zero-order valence-electron chi connectivity index (χ0n) is 23.8. The lowest BCUT2D eigenvalue weighted by Gasteiger charge is -2.46. The Morgan fingerprint density at radius 1 is 0.872 bits per heavy atom. The average Bonchev–Trinajstić information content (AvgIpc) is 3.20. The molecule has 0 radical (unpaired) electrons. The Labute approximate surface area is 234 Å². The molecule has 0 aromatic heterocycles. The van der Waals surface area contributed by atoms with E-state index in [2.05, 4.69) is 54.4 Å². The Morgan fingerprint density at radius 2 is 1.54 bits per heavy atom. The van der Waals surface area contributed by atoms with E-state index < -0.39 is 11.1 Å². The van der Waals surface area contributed by atoms with Crippen LogP contribution < -0.4 is 10.1 Å². The van der Waals surface area contributed by atoms with Crippen molar-refractivity contribution in [3.8, 4) is 5.75 Å². The molecule has 0 aliphatic carbocycles. The first-order chi connectivity index (χ1) is 19.0. The smallest absolute Gasteiger partial charge is 0.325 e. The van der Waals surface area contributed by atoms with Crippen molar-refractivity contribution in [2.75, 3.05) is 26.2 Å². The first kappa shape index (κ1) is 27.7. The highest BCUT2D eigenvalue weighted by Gasteiger charge is 2.59. The van der Waals surface area contributed by atoms with Crippen LogP contribution in [-0.2, 0) is 10.3 Å². The number of ether oxygens (including phenoxy) is 1. The quantitative estimate of drug-likeness (QED) is 0.332. The van der Waals surface area contributed by atoms with Gasteiger partial charge in [-0.3, -0.25) is 9.69 Å². The number of unbranched alkanes of at least 4 members (excludes halogenated alkanes) is 2. The van der Waals surface area contributed by atoms with Gasteiger partial charge in [-0.05, 0) is 82.1 Å². The van der Waals surface area contributed by atoms with Crippen LogP contribution in [0.4, 0.5) is 4.79 Å². The second-order valence-corrected chi connectivity index (χ2v) is 11.8. The number of fused-ring (bicyclic) bond motifs is 2. The third-order valence-electron chi connectivity index (χ3n) is 9.12. The number of para-hydroxylation sites is 1. The first-order valence-electron chi connectivity index (χ1n) is 15.2. The highest BCUT2D eigenvalue weighted by Crippen LogP contribution is 2.49. The van der Waals surface area contributed by atoms with Crippen LogP contribution in [0.3, 0.4) is 0 Å². The molecule has 2 aromatic carbocycles. The van der Waals surface area contributed by atoms with Crippen molar-refractivity contribution in [2.45, 2.75) is 95.1 Å². The van der Waals surface area contributed by atoms with Crippen LogP contribution in [0.25, 0.3) is 0 Å². The number of urea groups is 1. The Bertz CT molecular complexity index is 1120. The van der Waals surface area contributed by atoms with Crippen LogP contribution in [-0.4, -0.2) is 53.5 Å². The van der Waals surface area contributed by atoms with Gasteiger partial charge in [0.1, 0.15) is 11.4 Å². The largest absolute Gasteiger partial charge is 0.487 e. The zero-order chi connectivity index (χ0) is 27.3. The van der Waals surface area contributed by atoms with E-state index >= 15 is 0 Å². The van der Waals surface area contributed by atoms with E-state index in [0.717, 1.165) is 88.7 Å². The minimum absolute atomic E-state index is 0.108. The van der Waals surface area contributed by atoms with Gasteiger partial charge in [-0.15, -0.1) is 0 Å². The van der Waals surface area contributed by atoms with Gasteiger partial charge in [-0.1, -0.05) is 75.2 Å². The number of amides is 3. The molecule has 39 heavy (non-hydrogen) atoms. The zero-order valence-corrected chi connectivity index (χ0v) is 23.8. The first-order valence-corrected chi connectivity index (χ1v) is 15.2. The van der Waals surface area contributed by atoms with Gasteiger partial charge in [0.05, 0.1) is 0 Å². The van der Waals surface area contributed by atoms with Crippen LogP contribution >= 0.6 is 0 Å². The second kappa shape index (κ2) is 12.1. The molecular formula is C33H45N3O3. The number of carbonyl (C=O) groups excluding carboxylic acids is 2. The maximum absolute atomic E-state index is 14.1. The lowest BCUT2D eigenvalue weighted by atomic mass is 9.72. The molecule has 3 amide bonds. The van der Waals surface area contributed by atoms with Crippen LogP contribution in [0, 0.1) is 0 Å². The minimum Gasteiger partial charge on any atom is -0.487 e. The monoisotopic (exact) mass is 531 g/mol. The van der Waals surface area contributed by atoms with Crippen molar-refractivity contribution in [3.63, 3.8) is 0 Å². The van der Waals surface area contributed by atoms with Crippen molar-refractivity contribution < 1.29 is 14.3 Å². The van der Waals surface area contributed by atoms with Gasteiger partial charge < -0.3 is 15.0 Å². The molecule has 1 spiro atoms. The number of likely N-dealkylation sites (tertiary alicyclic amines) is 1. The van der Waals surface area contributed by atoms with Gasteiger partial charge in [-0.25, -0.2) is 4.79 Å². The summed E-state index contributed by atoms with van der Waals surface area (Å²) in [7, 11) is 0. The lowest BCUT2D eigenvalue weighted by Crippen LogP contribution is -2.56. The van der Waals surface area contributed by atoms with Crippen LogP contribution in [0.2, 0.25) is 0 Å². The Balaban J connectivity index is 1.26. The Hall–Kier alpha value is -2.86. The van der Waals surface area contributed by atoms with Crippen LogP contribution in [0.5, 0.6) is 5.75 Å². The summed E-state index contributed by atoms with van der Waals surface area (Å²) in [5.41, 5.74) is 0.758. The topological polar surface area (TPSA) is 61.9 Å². The number of nitrogens with one attached hydrogen (secondary N) is 1. The molecule has 0 saturated carbocycles. The summed E-state index contributed by atoms with van der Waals surface area (Å²) in [4.78, 5) is 31.4. The lowest BCUT2D eigenvalue weighted by molar-refractivity contribution is -0.136. The summed E-state index contributed by atoms with van der Waals surface area (Å²) in [5.74, 6) is 1.26. The Morgan fingerprint density at radius 3 is 2.23 bits per heavy atom. The van der Waals surface area contributed by atoms with Gasteiger partial charge in [0, 0.05) is 18.5 Å². The SMILES string of the molecule is CCCCC1(CCCC)CC2(NC(=O)N(CCCN3CCC(c4ccccc4)CC3)C2=O)c2ccccc2O1. The number of benzene rings is 2. The Kier molecular flexibility index (Phi) is 8.61. The molecule has 3 aliphatic rings. The van der Waals surface area contributed by atoms with Gasteiger partial charge in [0.15, 0.2) is 5.54 Å². The molecule has 6 nitrogen and oxygen atoms in total. The van der Waals surface area contributed by atoms with Crippen molar-refractivity contribution in [1.82, 2.24) is 15.1 Å². The van der Waals surface area contributed by atoms with Gasteiger partial charge in [-0.2, -0.15) is 0 Å². The second-order valence-electron chi connectivity index (χ2n) is 11.8. The summed E-state index contributed by atoms with van der Waals surface area (Å²) in [6.07, 6.45) is 9.61. The molecule has 1 unspecified atom stereocenters. The molecule has 3 aliphatic heterocycles. The summed E-state index contributed by atoms with van der Waals surface area (Å²) < 4.78 is 6.70. The van der Waals surface area contributed by atoms with Crippen molar-refractivity contribution in [2.24, 2.45) is 0 Å². The predicted octanol–water partition coefficient (Wildman–Crippen LogP) is 6.61. The third-order valence-corrected chi connectivity index (χ3v) is 9.12. The fourth-order valence-corrected chi connectivity index (χ4v) is 6.96. The van der Waals surface area contributed by atoms with Crippen molar-refractivity contribution >= 4 is 11.9 Å². The summed E-state index contributed by atoms with van der Waals surface area (Å²) in [5, 5.41) is 3.19. The van der Waals surface area contributed by atoms with Gasteiger partial charge in [0.25, 0.3) is 5.91 Å². The number of rotatable bonds is 11. The number of hydrogen-bond donors (Lipinski definition) is 1. The van der Waals surface area contributed by atoms with E-state index in [1.807, 2.05) is 24.3 Å². The van der Waals surface area contributed by atoms with E-state index in [0.29, 0.717) is 18.9 Å². The highest BCUT2D eigenvalue weighted by atomic mass is 16.5. The predicted molar refractivity (Wildman–Crippen MR) is 155 cm³/mol. The molecule has 2 aromatic rings. The van der Waals surface area contributed by atoms with Crippen LogP contribution in [0.15, 0.2) is 54.6 Å². The third kappa shape index (κ3) is 5.72. The molecule has 5 rings (SSSR count). The highest BCUT2D eigenvalue weighted by molar-refractivity contribution is 6.08. The minimum atomic E-state index is -1.04. The fourth-order valence-electron chi connectivity index (χ4n) is 6.96. The van der Waals surface area contributed by atoms with Crippen molar-refractivity contribution in [3.05, 3.63) is 65.7 Å². The van der Waals surface area contributed by atoms with E-state index in [1.165, 1.54) is 10.5 Å². The molecule has 0 bridgehead atoms. The summed E-state index contributed by atoms with van der Waals surface area (Å²) in [6, 6.07) is 18.4. The van der Waals surface area contributed by atoms with Crippen molar-refractivity contribution in [1.29, 1.82) is 0 Å². The van der Waals surface area contributed by atoms with E-state index in [1.54, 1.807) is 0 Å². The molecule has 1 atom stereocenters. The summed E-state index contributed by atoms with van der Waals surface area (Å²) in [6.45, 7) is 7.85. The number of piperidine rings is 1.